The van der Waals surface area contributed by atoms with Gasteiger partial charge in [0.1, 0.15) is 5.01 Å². The maximum atomic E-state index is 5.95. The first-order valence-electron chi connectivity index (χ1n) is 6.69. The summed E-state index contributed by atoms with van der Waals surface area (Å²) in [4.78, 5) is 2.34. The van der Waals surface area contributed by atoms with Gasteiger partial charge >= 0.3 is 0 Å². The average molecular weight is 274 g/mol. The SMILES string of the molecule is Cc1ccc(-c2nnc(N3CCCCC3)s2)cc1N. The normalized spacial score (nSPS) is 15.7. The zero-order chi connectivity index (χ0) is 13.2. The molecule has 1 aliphatic heterocycles. The van der Waals surface area contributed by atoms with Gasteiger partial charge < -0.3 is 10.6 Å². The summed E-state index contributed by atoms with van der Waals surface area (Å²) in [5.41, 5.74) is 8.93. The third-order valence-electron chi connectivity index (χ3n) is 3.57. The number of aromatic nitrogens is 2. The van der Waals surface area contributed by atoms with Gasteiger partial charge in [0, 0.05) is 24.3 Å². The zero-order valence-corrected chi connectivity index (χ0v) is 11.9. The molecule has 1 aromatic heterocycles. The Morgan fingerprint density at radius 2 is 1.95 bits per heavy atom. The Hall–Kier alpha value is -1.62. The lowest BCUT2D eigenvalue weighted by Gasteiger charge is -2.25. The molecular weight excluding hydrogens is 256 g/mol. The molecule has 0 atom stereocenters. The van der Waals surface area contributed by atoms with Gasteiger partial charge in [-0.25, -0.2) is 0 Å². The molecule has 19 heavy (non-hydrogen) atoms. The second-order valence-electron chi connectivity index (χ2n) is 5.01. The maximum Gasteiger partial charge on any atom is 0.208 e. The van der Waals surface area contributed by atoms with E-state index in [4.69, 9.17) is 5.73 Å². The summed E-state index contributed by atoms with van der Waals surface area (Å²) in [7, 11) is 0. The third kappa shape index (κ3) is 2.56. The number of hydrogen-bond donors (Lipinski definition) is 1. The van der Waals surface area contributed by atoms with Gasteiger partial charge in [-0.1, -0.05) is 23.5 Å². The molecule has 2 aromatic rings. The Kier molecular flexibility index (Phi) is 3.38. The summed E-state index contributed by atoms with van der Waals surface area (Å²) >= 11 is 1.66. The van der Waals surface area contributed by atoms with Crippen LogP contribution >= 0.6 is 11.3 Å². The first-order chi connectivity index (χ1) is 9.24. The molecule has 1 saturated heterocycles. The van der Waals surface area contributed by atoms with E-state index in [1.54, 1.807) is 11.3 Å². The number of rotatable bonds is 2. The number of hydrogen-bond acceptors (Lipinski definition) is 5. The number of anilines is 2. The lowest BCUT2D eigenvalue weighted by molar-refractivity contribution is 0.575. The summed E-state index contributed by atoms with van der Waals surface area (Å²) in [5.74, 6) is 0. The minimum absolute atomic E-state index is 0.812. The minimum Gasteiger partial charge on any atom is -0.398 e. The number of aryl methyl sites for hydroxylation is 1. The molecule has 0 saturated carbocycles. The molecule has 3 rings (SSSR count). The topological polar surface area (TPSA) is 55.0 Å². The van der Waals surface area contributed by atoms with Crippen LogP contribution in [0.15, 0.2) is 18.2 Å². The van der Waals surface area contributed by atoms with E-state index in [9.17, 15) is 0 Å². The van der Waals surface area contributed by atoms with Crippen LogP contribution in [0.25, 0.3) is 10.6 Å². The van der Waals surface area contributed by atoms with Crippen molar-refractivity contribution < 1.29 is 0 Å². The van der Waals surface area contributed by atoms with Crippen LogP contribution in [0.3, 0.4) is 0 Å². The van der Waals surface area contributed by atoms with E-state index in [0.717, 1.165) is 40.0 Å². The molecule has 0 radical (unpaired) electrons. The Morgan fingerprint density at radius 3 is 2.68 bits per heavy atom. The predicted molar refractivity (Wildman–Crippen MR) is 80.6 cm³/mol. The molecule has 1 aromatic carbocycles. The molecule has 0 aliphatic carbocycles. The highest BCUT2D eigenvalue weighted by molar-refractivity contribution is 7.18. The molecule has 100 valence electrons. The standard InChI is InChI=1S/C14H18N4S/c1-10-5-6-11(9-12(10)15)13-16-17-14(19-13)18-7-3-2-4-8-18/h5-6,9H,2-4,7-8,15H2,1H3. The molecule has 2 heterocycles. The van der Waals surface area contributed by atoms with Gasteiger partial charge in [-0.15, -0.1) is 10.2 Å². The second-order valence-corrected chi connectivity index (χ2v) is 5.96. The first-order valence-corrected chi connectivity index (χ1v) is 7.50. The zero-order valence-electron chi connectivity index (χ0n) is 11.1. The molecule has 0 amide bonds. The fourth-order valence-electron chi connectivity index (χ4n) is 2.32. The molecule has 4 nitrogen and oxygen atoms in total. The van der Waals surface area contributed by atoms with E-state index in [-0.39, 0.29) is 0 Å². The van der Waals surface area contributed by atoms with Crippen LogP contribution in [0.1, 0.15) is 24.8 Å². The fraction of sp³-hybridized carbons (Fsp3) is 0.429. The lowest BCUT2D eigenvalue weighted by atomic mass is 10.1. The molecule has 5 heteroatoms. The van der Waals surface area contributed by atoms with Crippen molar-refractivity contribution in [3.63, 3.8) is 0 Å². The Bertz CT molecular complexity index is 573. The van der Waals surface area contributed by atoms with Crippen molar-refractivity contribution >= 4 is 22.2 Å². The minimum atomic E-state index is 0.812. The van der Waals surface area contributed by atoms with Crippen LogP contribution in [0, 0.1) is 6.92 Å². The van der Waals surface area contributed by atoms with Gasteiger partial charge in [0.25, 0.3) is 0 Å². The van der Waals surface area contributed by atoms with Gasteiger partial charge in [0.2, 0.25) is 5.13 Å². The van der Waals surface area contributed by atoms with E-state index in [0.29, 0.717) is 0 Å². The van der Waals surface area contributed by atoms with Gasteiger partial charge in [-0.3, -0.25) is 0 Å². The lowest BCUT2D eigenvalue weighted by Crippen LogP contribution is -2.29. The molecule has 1 fully saturated rings. The molecule has 2 N–H and O–H groups in total. The Morgan fingerprint density at radius 1 is 1.16 bits per heavy atom. The highest BCUT2D eigenvalue weighted by atomic mass is 32.1. The Balaban J connectivity index is 1.85. The first kappa shape index (κ1) is 12.4. The quantitative estimate of drug-likeness (QED) is 0.855. The summed E-state index contributed by atoms with van der Waals surface area (Å²) in [6.45, 7) is 4.22. The number of piperidine rings is 1. The van der Waals surface area contributed by atoms with Crippen molar-refractivity contribution in [2.24, 2.45) is 0 Å². The third-order valence-corrected chi connectivity index (χ3v) is 4.60. The van der Waals surface area contributed by atoms with Crippen LogP contribution in [-0.2, 0) is 0 Å². The number of nitrogens with zero attached hydrogens (tertiary/aromatic N) is 3. The van der Waals surface area contributed by atoms with Crippen LogP contribution in [0.2, 0.25) is 0 Å². The molecule has 1 aliphatic rings. The Labute approximate surface area is 117 Å². The van der Waals surface area contributed by atoms with Crippen LogP contribution in [-0.4, -0.2) is 23.3 Å². The molecular formula is C14H18N4S. The summed E-state index contributed by atoms with van der Waals surface area (Å²) in [5, 5.41) is 10.6. The molecule has 0 bridgehead atoms. The van der Waals surface area contributed by atoms with Crippen LogP contribution < -0.4 is 10.6 Å². The monoisotopic (exact) mass is 274 g/mol. The second kappa shape index (κ2) is 5.17. The van der Waals surface area contributed by atoms with E-state index < -0.39 is 0 Å². The molecule has 0 spiro atoms. The summed E-state index contributed by atoms with van der Waals surface area (Å²) in [6, 6.07) is 6.08. The van der Waals surface area contributed by atoms with Crippen molar-refractivity contribution in [3.8, 4) is 10.6 Å². The number of nitrogen functional groups attached to an aromatic ring is 1. The fourth-order valence-corrected chi connectivity index (χ4v) is 3.21. The van der Waals surface area contributed by atoms with Crippen LogP contribution in [0.4, 0.5) is 10.8 Å². The van der Waals surface area contributed by atoms with E-state index in [1.165, 1.54) is 19.3 Å². The van der Waals surface area contributed by atoms with Gasteiger partial charge in [0.15, 0.2) is 0 Å². The smallest absolute Gasteiger partial charge is 0.208 e. The van der Waals surface area contributed by atoms with Gasteiger partial charge in [0.05, 0.1) is 0 Å². The van der Waals surface area contributed by atoms with Crippen molar-refractivity contribution in [1.29, 1.82) is 0 Å². The van der Waals surface area contributed by atoms with E-state index in [2.05, 4.69) is 21.2 Å². The highest BCUT2D eigenvalue weighted by Crippen LogP contribution is 2.31. The number of nitrogens with two attached hydrogens (primary N) is 1. The van der Waals surface area contributed by atoms with Crippen molar-refractivity contribution in [1.82, 2.24) is 10.2 Å². The highest BCUT2D eigenvalue weighted by Gasteiger charge is 2.16. The van der Waals surface area contributed by atoms with Gasteiger partial charge in [-0.05, 0) is 37.8 Å². The predicted octanol–water partition coefficient (Wildman–Crippen LogP) is 3.09. The van der Waals surface area contributed by atoms with Gasteiger partial charge in [-0.2, -0.15) is 0 Å². The summed E-state index contributed by atoms with van der Waals surface area (Å²) < 4.78 is 0. The maximum absolute atomic E-state index is 5.95. The molecule has 0 unspecified atom stereocenters. The van der Waals surface area contributed by atoms with Crippen molar-refractivity contribution in [2.45, 2.75) is 26.2 Å². The number of benzene rings is 1. The average Bonchev–Trinajstić information content (AvgIpc) is 2.93. The van der Waals surface area contributed by atoms with Crippen LogP contribution in [0.5, 0.6) is 0 Å². The largest absolute Gasteiger partial charge is 0.398 e. The van der Waals surface area contributed by atoms with Crippen molar-refractivity contribution in [2.75, 3.05) is 23.7 Å². The van der Waals surface area contributed by atoms with E-state index >= 15 is 0 Å². The van der Waals surface area contributed by atoms with Crippen molar-refractivity contribution in [3.05, 3.63) is 23.8 Å². The van der Waals surface area contributed by atoms with E-state index in [1.807, 2.05) is 19.1 Å². The summed E-state index contributed by atoms with van der Waals surface area (Å²) in [6.07, 6.45) is 3.84.